The molecule has 0 aliphatic heterocycles. The van der Waals surface area contributed by atoms with Crippen LogP contribution in [0.2, 0.25) is 0 Å². The molecule has 1 aromatic carbocycles. The normalized spacial score (nSPS) is 10.6. The average Bonchev–Trinajstić information content (AvgIpc) is 2.88. The van der Waals surface area contributed by atoms with Gasteiger partial charge in [0, 0.05) is 5.69 Å². The van der Waals surface area contributed by atoms with Crippen LogP contribution in [0.15, 0.2) is 42.7 Å². The molecule has 1 amide bonds. The molecule has 94 valence electrons. The van der Waals surface area contributed by atoms with Crippen LogP contribution in [0.1, 0.15) is 16.2 Å². The summed E-state index contributed by atoms with van der Waals surface area (Å²) in [7, 11) is 0. The molecule has 19 heavy (non-hydrogen) atoms. The van der Waals surface area contributed by atoms with E-state index in [1.54, 1.807) is 12.4 Å². The number of carbonyl (C=O) groups is 1. The zero-order chi connectivity index (χ0) is 13.2. The second-order valence-corrected chi connectivity index (χ2v) is 4.22. The van der Waals surface area contributed by atoms with Crippen molar-refractivity contribution in [2.45, 2.75) is 6.92 Å². The number of H-pyrrole nitrogens is 1. The molecule has 0 spiro atoms. The summed E-state index contributed by atoms with van der Waals surface area (Å²) in [6.07, 6.45) is 1.60. The van der Waals surface area contributed by atoms with Crippen molar-refractivity contribution in [3.8, 4) is 0 Å². The van der Waals surface area contributed by atoms with Crippen molar-refractivity contribution in [3.05, 3.63) is 54.1 Å². The maximum Gasteiger partial charge on any atom is 0.274 e. The number of imidazole rings is 1. The van der Waals surface area contributed by atoms with Crippen LogP contribution in [0.4, 0.5) is 5.69 Å². The van der Waals surface area contributed by atoms with E-state index in [-0.39, 0.29) is 5.91 Å². The van der Waals surface area contributed by atoms with E-state index in [9.17, 15) is 4.79 Å². The van der Waals surface area contributed by atoms with Gasteiger partial charge in [0.25, 0.3) is 5.91 Å². The summed E-state index contributed by atoms with van der Waals surface area (Å²) in [5, 5.41) is 2.83. The van der Waals surface area contributed by atoms with Gasteiger partial charge in [0.05, 0.1) is 17.5 Å². The standard InChI is InChI=1S/C14H12N4O/c1-9-4-2-7-12(17-9)14(19)18-11-6-3-5-10-13(11)16-8-15-10/h2-8H,1H3,(H,15,16)(H,18,19). The number of benzene rings is 1. The number of nitrogens with zero attached hydrogens (tertiary/aromatic N) is 2. The molecule has 3 aromatic rings. The fraction of sp³-hybridized carbons (Fsp3) is 0.0714. The fourth-order valence-electron chi connectivity index (χ4n) is 1.92. The number of aromatic nitrogens is 3. The third kappa shape index (κ3) is 2.18. The van der Waals surface area contributed by atoms with E-state index < -0.39 is 0 Å². The summed E-state index contributed by atoms with van der Waals surface area (Å²) in [4.78, 5) is 23.5. The van der Waals surface area contributed by atoms with Crippen LogP contribution in [0.3, 0.4) is 0 Å². The molecule has 2 aromatic heterocycles. The molecule has 0 unspecified atom stereocenters. The van der Waals surface area contributed by atoms with E-state index in [0.717, 1.165) is 16.7 Å². The molecule has 0 radical (unpaired) electrons. The third-order valence-corrected chi connectivity index (χ3v) is 2.82. The average molecular weight is 252 g/mol. The topological polar surface area (TPSA) is 70.7 Å². The van der Waals surface area contributed by atoms with Gasteiger partial charge in [-0.15, -0.1) is 0 Å². The molecular weight excluding hydrogens is 240 g/mol. The first-order chi connectivity index (χ1) is 9.24. The highest BCUT2D eigenvalue weighted by atomic mass is 16.1. The molecular formula is C14H12N4O. The van der Waals surface area contributed by atoms with Crippen molar-refractivity contribution in [3.63, 3.8) is 0 Å². The molecule has 2 heterocycles. The van der Waals surface area contributed by atoms with Gasteiger partial charge in [-0.25, -0.2) is 9.97 Å². The van der Waals surface area contributed by atoms with Crippen LogP contribution in [0.5, 0.6) is 0 Å². The van der Waals surface area contributed by atoms with Gasteiger partial charge in [0.2, 0.25) is 0 Å². The smallest absolute Gasteiger partial charge is 0.274 e. The number of hydrogen-bond donors (Lipinski definition) is 2. The minimum Gasteiger partial charge on any atom is -0.345 e. The number of aryl methyl sites for hydroxylation is 1. The Kier molecular flexibility index (Phi) is 2.72. The van der Waals surface area contributed by atoms with Crippen LogP contribution >= 0.6 is 0 Å². The highest BCUT2D eigenvalue weighted by molar-refractivity contribution is 6.06. The summed E-state index contributed by atoms with van der Waals surface area (Å²) in [6.45, 7) is 1.85. The lowest BCUT2D eigenvalue weighted by atomic mass is 10.2. The number of pyridine rings is 1. The predicted octanol–water partition coefficient (Wildman–Crippen LogP) is 2.52. The molecule has 0 aliphatic carbocycles. The van der Waals surface area contributed by atoms with Crippen molar-refractivity contribution in [1.29, 1.82) is 0 Å². The SMILES string of the molecule is Cc1cccc(C(=O)Nc2cccc3[nH]cnc23)n1. The van der Waals surface area contributed by atoms with Gasteiger partial charge in [-0.05, 0) is 31.2 Å². The third-order valence-electron chi connectivity index (χ3n) is 2.82. The molecule has 0 saturated carbocycles. The maximum absolute atomic E-state index is 12.1. The van der Waals surface area contributed by atoms with Gasteiger partial charge in [0.15, 0.2) is 0 Å². The quantitative estimate of drug-likeness (QED) is 0.736. The first-order valence-corrected chi connectivity index (χ1v) is 5.91. The Morgan fingerprint density at radius 2 is 2.05 bits per heavy atom. The Balaban J connectivity index is 1.93. The van der Waals surface area contributed by atoms with E-state index in [2.05, 4.69) is 20.3 Å². The molecule has 5 heteroatoms. The van der Waals surface area contributed by atoms with Crippen LogP contribution in [-0.4, -0.2) is 20.9 Å². The van der Waals surface area contributed by atoms with Crippen molar-refractivity contribution >= 4 is 22.6 Å². The summed E-state index contributed by atoms with van der Waals surface area (Å²) in [5.74, 6) is -0.237. The first kappa shape index (κ1) is 11.4. The van der Waals surface area contributed by atoms with Gasteiger partial charge >= 0.3 is 0 Å². The van der Waals surface area contributed by atoms with Crippen LogP contribution < -0.4 is 5.32 Å². The number of fused-ring (bicyclic) bond motifs is 1. The summed E-state index contributed by atoms with van der Waals surface area (Å²) >= 11 is 0. The van der Waals surface area contributed by atoms with Gasteiger partial charge < -0.3 is 10.3 Å². The molecule has 3 rings (SSSR count). The van der Waals surface area contributed by atoms with Gasteiger partial charge in [-0.1, -0.05) is 12.1 Å². The van der Waals surface area contributed by atoms with E-state index >= 15 is 0 Å². The number of carbonyl (C=O) groups excluding carboxylic acids is 1. The number of anilines is 1. The highest BCUT2D eigenvalue weighted by Gasteiger charge is 2.10. The minimum absolute atomic E-state index is 0.237. The Morgan fingerprint density at radius 3 is 2.89 bits per heavy atom. The van der Waals surface area contributed by atoms with Crippen molar-refractivity contribution < 1.29 is 4.79 Å². The first-order valence-electron chi connectivity index (χ1n) is 5.91. The van der Waals surface area contributed by atoms with E-state index in [1.165, 1.54) is 0 Å². The van der Waals surface area contributed by atoms with Gasteiger partial charge in [-0.3, -0.25) is 4.79 Å². The summed E-state index contributed by atoms with van der Waals surface area (Å²) in [5.41, 5.74) is 3.50. The summed E-state index contributed by atoms with van der Waals surface area (Å²) < 4.78 is 0. The second kappa shape index (κ2) is 4.53. The summed E-state index contributed by atoms with van der Waals surface area (Å²) in [6, 6.07) is 10.9. The van der Waals surface area contributed by atoms with Crippen LogP contribution in [0, 0.1) is 6.92 Å². The zero-order valence-corrected chi connectivity index (χ0v) is 10.3. The van der Waals surface area contributed by atoms with Crippen LogP contribution in [0.25, 0.3) is 11.0 Å². The monoisotopic (exact) mass is 252 g/mol. The van der Waals surface area contributed by atoms with E-state index in [1.807, 2.05) is 37.3 Å². The van der Waals surface area contributed by atoms with Crippen LogP contribution in [-0.2, 0) is 0 Å². The largest absolute Gasteiger partial charge is 0.345 e. The second-order valence-electron chi connectivity index (χ2n) is 4.22. The fourth-order valence-corrected chi connectivity index (χ4v) is 1.92. The molecule has 0 aliphatic rings. The Hall–Kier alpha value is -2.69. The lowest BCUT2D eigenvalue weighted by Gasteiger charge is -2.05. The Bertz CT molecular complexity index is 748. The zero-order valence-electron chi connectivity index (χ0n) is 10.3. The molecule has 0 atom stereocenters. The number of para-hydroxylation sites is 1. The Labute approximate surface area is 109 Å². The molecule has 0 fully saturated rings. The van der Waals surface area contributed by atoms with Crippen molar-refractivity contribution in [2.24, 2.45) is 0 Å². The number of rotatable bonds is 2. The van der Waals surface area contributed by atoms with E-state index in [4.69, 9.17) is 0 Å². The van der Waals surface area contributed by atoms with Crippen molar-refractivity contribution in [1.82, 2.24) is 15.0 Å². The molecule has 2 N–H and O–H groups in total. The van der Waals surface area contributed by atoms with Gasteiger partial charge in [-0.2, -0.15) is 0 Å². The number of hydrogen-bond acceptors (Lipinski definition) is 3. The highest BCUT2D eigenvalue weighted by Crippen LogP contribution is 2.20. The lowest BCUT2D eigenvalue weighted by molar-refractivity contribution is 0.102. The van der Waals surface area contributed by atoms with E-state index in [0.29, 0.717) is 11.4 Å². The van der Waals surface area contributed by atoms with Gasteiger partial charge in [0.1, 0.15) is 11.2 Å². The minimum atomic E-state index is -0.237. The predicted molar refractivity (Wildman–Crippen MR) is 73.0 cm³/mol. The number of aromatic amines is 1. The molecule has 0 bridgehead atoms. The number of amides is 1. The lowest BCUT2D eigenvalue weighted by Crippen LogP contribution is -2.14. The molecule has 5 nitrogen and oxygen atoms in total. The van der Waals surface area contributed by atoms with Crippen molar-refractivity contribution in [2.75, 3.05) is 5.32 Å². The Morgan fingerprint density at radius 1 is 1.21 bits per heavy atom. The number of nitrogens with one attached hydrogen (secondary N) is 2. The molecule has 0 saturated heterocycles. The maximum atomic E-state index is 12.1.